The summed E-state index contributed by atoms with van der Waals surface area (Å²) in [6.45, 7) is 0. The lowest BCUT2D eigenvalue weighted by atomic mass is 9.84. The molecule has 108 valence electrons. The minimum atomic E-state index is -3.00. The molecule has 3 nitrogen and oxygen atoms in total. The second-order valence-electron chi connectivity index (χ2n) is 5.09. The van der Waals surface area contributed by atoms with E-state index in [9.17, 15) is 13.5 Å². The predicted octanol–water partition coefficient (Wildman–Crippen LogP) is 3.91. The summed E-state index contributed by atoms with van der Waals surface area (Å²) in [6.07, 6.45) is 3.77. The van der Waals surface area contributed by atoms with Gasteiger partial charge >= 0.3 is 0 Å². The topological polar surface area (TPSA) is 54.4 Å². The molecule has 0 amide bonds. The Labute approximate surface area is 134 Å². The van der Waals surface area contributed by atoms with Gasteiger partial charge in [0, 0.05) is 15.6 Å². The van der Waals surface area contributed by atoms with Crippen LogP contribution in [-0.2, 0) is 9.84 Å². The van der Waals surface area contributed by atoms with Crippen molar-refractivity contribution in [1.82, 2.24) is 0 Å². The Bertz CT molecular complexity index is 534. The number of thiophene rings is 1. The normalized spacial score (nSPS) is 26.3. The number of hydrogen-bond acceptors (Lipinski definition) is 4. The van der Waals surface area contributed by atoms with Gasteiger partial charge < -0.3 is 5.11 Å². The van der Waals surface area contributed by atoms with E-state index in [-0.39, 0.29) is 11.2 Å². The summed E-state index contributed by atoms with van der Waals surface area (Å²) in [5.74, 6) is 0.0333. The minimum Gasteiger partial charge on any atom is -0.387 e. The van der Waals surface area contributed by atoms with E-state index in [0.717, 1.165) is 32.4 Å². The second-order valence-corrected chi connectivity index (χ2v) is 10.7. The third kappa shape index (κ3) is 3.81. The molecule has 0 bridgehead atoms. The van der Waals surface area contributed by atoms with Gasteiger partial charge in [-0.3, -0.25) is 0 Å². The van der Waals surface area contributed by atoms with Crippen molar-refractivity contribution in [2.24, 2.45) is 5.92 Å². The van der Waals surface area contributed by atoms with Crippen LogP contribution in [0.4, 0.5) is 0 Å². The van der Waals surface area contributed by atoms with Crippen molar-refractivity contribution < 1.29 is 13.5 Å². The van der Waals surface area contributed by atoms with Crippen LogP contribution >= 0.6 is 43.2 Å². The summed E-state index contributed by atoms with van der Waals surface area (Å²) in [5, 5.41) is 10.1. The van der Waals surface area contributed by atoms with Crippen LogP contribution in [0.5, 0.6) is 0 Å². The number of hydrogen-bond donors (Lipinski definition) is 1. The van der Waals surface area contributed by atoms with Crippen LogP contribution in [0.3, 0.4) is 0 Å². The van der Waals surface area contributed by atoms with Gasteiger partial charge in [-0.25, -0.2) is 8.42 Å². The third-order valence-corrected chi connectivity index (χ3v) is 8.64. The van der Waals surface area contributed by atoms with Crippen LogP contribution in [0.15, 0.2) is 14.3 Å². The summed E-state index contributed by atoms with van der Waals surface area (Å²) in [6, 6.07) is 1.91. The number of sulfone groups is 1. The molecule has 0 spiro atoms. The molecule has 1 fully saturated rings. The first-order valence-electron chi connectivity index (χ1n) is 6.10. The van der Waals surface area contributed by atoms with Crippen molar-refractivity contribution >= 4 is 53.0 Å². The first-order chi connectivity index (χ1) is 8.79. The van der Waals surface area contributed by atoms with Crippen molar-refractivity contribution in [2.75, 3.05) is 6.26 Å². The number of halogens is 2. The zero-order valence-corrected chi connectivity index (χ0v) is 15.3. The maximum atomic E-state index is 11.7. The molecule has 0 radical (unpaired) electrons. The zero-order chi connectivity index (χ0) is 14.2. The van der Waals surface area contributed by atoms with Gasteiger partial charge in [-0.2, -0.15) is 0 Å². The summed E-state index contributed by atoms with van der Waals surface area (Å²) in [4.78, 5) is 0.887. The van der Waals surface area contributed by atoms with Crippen molar-refractivity contribution in [2.45, 2.75) is 37.0 Å². The number of aliphatic hydroxyl groups is 1. The molecule has 1 N–H and O–H groups in total. The minimum absolute atomic E-state index is 0.0333. The summed E-state index contributed by atoms with van der Waals surface area (Å²) >= 11 is 8.32. The van der Waals surface area contributed by atoms with E-state index in [1.165, 1.54) is 17.6 Å². The fourth-order valence-corrected chi connectivity index (χ4v) is 5.96. The monoisotopic (exact) mass is 430 g/mol. The van der Waals surface area contributed by atoms with E-state index in [1.807, 2.05) is 6.07 Å². The van der Waals surface area contributed by atoms with Gasteiger partial charge in [-0.15, -0.1) is 11.3 Å². The van der Waals surface area contributed by atoms with Crippen molar-refractivity contribution in [3.63, 3.8) is 0 Å². The highest BCUT2D eigenvalue weighted by Crippen LogP contribution is 2.42. The van der Waals surface area contributed by atoms with Crippen LogP contribution in [0.25, 0.3) is 0 Å². The molecule has 2 rings (SSSR count). The second kappa shape index (κ2) is 6.13. The molecule has 1 heterocycles. The highest BCUT2D eigenvalue weighted by molar-refractivity contribution is 9.13. The average molecular weight is 432 g/mol. The molecule has 1 aromatic heterocycles. The van der Waals surface area contributed by atoms with E-state index in [4.69, 9.17) is 0 Å². The highest BCUT2D eigenvalue weighted by atomic mass is 79.9. The first kappa shape index (κ1) is 15.9. The fourth-order valence-electron chi connectivity index (χ4n) is 2.60. The molecular weight excluding hydrogens is 416 g/mol. The molecule has 3 atom stereocenters. The van der Waals surface area contributed by atoms with Crippen LogP contribution in [0.1, 0.15) is 36.7 Å². The standard InChI is InChI=1S/C12H16Br2O3S2/c1-19(16,17)8-4-2-3-7(5-8)11(15)10-6-9(13)12(14)18-10/h6-8,11,15H,2-5H2,1H3. The summed E-state index contributed by atoms with van der Waals surface area (Å²) in [7, 11) is -3.00. The molecule has 7 heteroatoms. The lowest BCUT2D eigenvalue weighted by Gasteiger charge is -2.30. The Hall–Kier alpha value is 0.570. The largest absolute Gasteiger partial charge is 0.387 e. The highest BCUT2D eigenvalue weighted by Gasteiger charge is 2.33. The SMILES string of the molecule is CS(=O)(=O)C1CCCC(C(O)c2cc(Br)c(Br)s2)C1. The smallest absolute Gasteiger partial charge is 0.150 e. The van der Waals surface area contributed by atoms with E-state index in [2.05, 4.69) is 31.9 Å². The van der Waals surface area contributed by atoms with E-state index in [1.54, 1.807) is 0 Å². The molecule has 0 aliphatic heterocycles. The lowest BCUT2D eigenvalue weighted by molar-refractivity contribution is 0.0887. The van der Waals surface area contributed by atoms with Gasteiger partial charge in [0.2, 0.25) is 0 Å². The molecular formula is C12H16Br2O3S2. The maximum absolute atomic E-state index is 11.7. The average Bonchev–Trinajstić information content (AvgIpc) is 2.68. The third-order valence-electron chi connectivity index (χ3n) is 3.67. The molecule has 1 saturated carbocycles. The maximum Gasteiger partial charge on any atom is 0.150 e. The van der Waals surface area contributed by atoms with Gasteiger partial charge in [0.05, 0.1) is 15.1 Å². The number of rotatable bonds is 3. The Balaban J connectivity index is 2.13. The molecule has 0 aromatic carbocycles. The Morgan fingerprint density at radius 3 is 2.63 bits per heavy atom. The molecule has 1 aliphatic carbocycles. The van der Waals surface area contributed by atoms with Crippen molar-refractivity contribution in [3.05, 3.63) is 19.2 Å². The van der Waals surface area contributed by atoms with Crippen LogP contribution in [0, 0.1) is 5.92 Å². The predicted molar refractivity (Wildman–Crippen MR) is 85.3 cm³/mol. The van der Waals surface area contributed by atoms with Gasteiger partial charge in [0.25, 0.3) is 0 Å². The summed E-state index contributed by atoms with van der Waals surface area (Å²) < 4.78 is 25.2. The molecule has 1 aliphatic rings. The molecule has 0 saturated heterocycles. The fraction of sp³-hybridized carbons (Fsp3) is 0.667. The number of aliphatic hydroxyl groups excluding tert-OH is 1. The molecule has 19 heavy (non-hydrogen) atoms. The van der Waals surface area contributed by atoms with Crippen LogP contribution < -0.4 is 0 Å². The van der Waals surface area contributed by atoms with E-state index < -0.39 is 15.9 Å². The summed E-state index contributed by atoms with van der Waals surface area (Å²) in [5.41, 5.74) is 0. The van der Waals surface area contributed by atoms with E-state index >= 15 is 0 Å². The van der Waals surface area contributed by atoms with Gasteiger partial charge in [-0.05, 0) is 63.1 Å². The van der Waals surface area contributed by atoms with Crippen LogP contribution in [-0.4, -0.2) is 25.0 Å². The Morgan fingerprint density at radius 1 is 1.42 bits per heavy atom. The molecule has 1 aromatic rings. The first-order valence-corrected chi connectivity index (χ1v) is 10.5. The van der Waals surface area contributed by atoms with Crippen molar-refractivity contribution in [1.29, 1.82) is 0 Å². The zero-order valence-electron chi connectivity index (χ0n) is 10.5. The van der Waals surface area contributed by atoms with Crippen LogP contribution in [0.2, 0.25) is 0 Å². The Kier molecular flexibility index (Phi) is 5.15. The quantitative estimate of drug-likeness (QED) is 0.789. The Morgan fingerprint density at radius 2 is 2.11 bits per heavy atom. The van der Waals surface area contributed by atoms with E-state index in [0.29, 0.717) is 6.42 Å². The van der Waals surface area contributed by atoms with Gasteiger partial charge in [0.15, 0.2) is 0 Å². The lowest BCUT2D eigenvalue weighted by Crippen LogP contribution is -2.30. The van der Waals surface area contributed by atoms with Crippen molar-refractivity contribution in [3.8, 4) is 0 Å². The van der Waals surface area contributed by atoms with Gasteiger partial charge in [-0.1, -0.05) is 6.42 Å². The molecule has 3 unspecified atom stereocenters. The van der Waals surface area contributed by atoms with Gasteiger partial charge in [0.1, 0.15) is 9.84 Å².